The first-order valence-corrected chi connectivity index (χ1v) is 16.4. The van der Waals surface area contributed by atoms with Gasteiger partial charge in [0.2, 0.25) is 6.29 Å². The molecule has 0 aromatic carbocycles. The van der Waals surface area contributed by atoms with Crippen LogP contribution in [0.4, 0.5) is 5.69 Å². The molecule has 0 bridgehead atoms. The van der Waals surface area contributed by atoms with Crippen LogP contribution >= 0.6 is 11.3 Å². The maximum atomic E-state index is 13.3. The van der Waals surface area contributed by atoms with Gasteiger partial charge in [-0.1, -0.05) is 20.8 Å². The van der Waals surface area contributed by atoms with Crippen molar-refractivity contribution >= 4 is 42.9 Å². The highest BCUT2D eigenvalue weighted by Crippen LogP contribution is 2.44. The quantitative estimate of drug-likeness (QED) is 0.368. The molecule has 3 N–H and O–H groups in total. The van der Waals surface area contributed by atoms with Gasteiger partial charge in [-0.25, -0.2) is 8.42 Å². The van der Waals surface area contributed by atoms with E-state index in [0.717, 1.165) is 24.2 Å². The van der Waals surface area contributed by atoms with Crippen LogP contribution in [0.5, 0.6) is 5.75 Å². The van der Waals surface area contributed by atoms with Crippen LogP contribution in [-0.4, -0.2) is 57.2 Å². The molecule has 1 saturated heterocycles. The van der Waals surface area contributed by atoms with Gasteiger partial charge in [-0.05, 0) is 44.7 Å². The van der Waals surface area contributed by atoms with Gasteiger partial charge in [-0.3, -0.25) is 0 Å². The maximum absolute atomic E-state index is 13.3. The molecule has 39 heavy (non-hydrogen) atoms. The minimum Gasteiger partial charge on any atom is -0.504 e. The average molecular weight is 601 g/mol. The summed E-state index contributed by atoms with van der Waals surface area (Å²) in [6.45, 7) is 9.35. The summed E-state index contributed by atoms with van der Waals surface area (Å²) < 4.78 is 74.9. The summed E-state index contributed by atoms with van der Waals surface area (Å²) in [5, 5.41) is 18.5. The number of furan rings is 1. The van der Waals surface area contributed by atoms with Crippen LogP contribution in [0.1, 0.15) is 58.1 Å². The number of hydrogen-bond acceptors (Lipinski definition) is 11. The number of aromatic hydroxyl groups is 1. The molecule has 2 aromatic heterocycles. The van der Waals surface area contributed by atoms with E-state index in [1.807, 2.05) is 26.8 Å². The average Bonchev–Trinajstić information content (AvgIpc) is 3.36. The molecule has 2 aliphatic heterocycles. The second-order valence-corrected chi connectivity index (χ2v) is 14.5. The first kappa shape index (κ1) is 28.1. The molecule has 4 heterocycles. The summed E-state index contributed by atoms with van der Waals surface area (Å²) in [5.41, 5.74) is 0.0132. The summed E-state index contributed by atoms with van der Waals surface area (Å²) in [6, 6.07) is 3.08. The van der Waals surface area contributed by atoms with Crippen LogP contribution in [0.25, 0.3) is 0 Å². The number of nitrogens with zero attached hydrogens (tertiary/aromatic N) is 2. The summed E-state index contributed by atoms with van der Waals surface area (Å²) in [5.74, 6) is 0.721. The smallest absolute Gasteiger partial charge is 0.287 e. The summed E-state index contributed by atoms with van der Waals surface area (Å²) in [6.07, 6.45) is -0.279. The first-order chi connectivity index (χ1) is 18.3. The molecule has 0 unspecified atom stereocenters. The second kappa shape index (κ2) is 10.2. The van der Waals surface area contributed by atoms with Crippen molar-refractivity contribution < 1.29 is 35.8 Å². The highest BCUT2D eigenvalue weighted by molar-refractivity contribution is 7.94. The van der Waals surface area contributed by atoms with Gasteiger partial charge in [0.05, 0.1) is 11.7 Å². The molecule has 0 spiro atoms. The van der Waals surface area contributed by atoms with Crippen LogP contribution in [0.2, 0.25) is 0 Å². The molecular formula is C24H32N4O8S3. The van der Waals surface area contributed by atoms with E-state index in [0.29, 0.717) is 11.5 Å². The maximum Gasteiger partial charge on any atom is 0.287 e. The Labute approximate surface area is 231 Å². The van der Waals surface area contributed by atoms with Crippen LogP contribution in [0, 0.1) is 12.8 Å². The molecule has 3 aliphatic rings. The molecule has 2 aromatic rings. The van der Waals surface area contributed by atoms with E-state index < -0.39 is 44.4 Å². The number of sulfonamides is 2. The van der Waals surface area contributed by atoms with Gasteiger partial charge in [0.25, 0.3) is 20.0 Å². The molecule has 12 nitrogen and oxygen atoms in total. The number of nitrogens with one attached hydrogen (secondary N) is 2. The lowest BCUT2D eigenvalue weighted by Gasteiger charge is -2.34. The Morgan fingerprint density at radius 2 is 1.95 bits per heavy atom. The topological polar surface area (TPSA) is 160 Å². The van der Waals surface area contributed by atoms with Gasteiger partial charge >= 0.3 is 0 Å². The van der Waals surface area contributed by atoms with E-state index in [-0.39, 0.29) is 44.8 Å². The lowest BCUT2D eigenvalue weighted by Crippen LogP contribution is -2.42. The Morgan fingerprint density at radius 3 is 2.49 bits per heavy atom. The lowest BCUT2D eigenvalue weighted by molar-refractivity contribution is -0.356. The second-order valence-electron chi connectivity index (χ2n) is 9.99. The van der Waals surface area contributed by atoms with Gasteiger partial charge in [-0.2, -0.15) is 12.7 Å². The van der Waals surface area contributed by atoms with E-state index in [1.54, 1.807) is 19.9 Å². The fourth-order valence-corrected chi connectivity index (χ4v) is 8.86. The molecule has 1 saturated carbocycles. The van der Waals surface area contributed by atoms with E-state index in [2.05, 4.69) is 15.0 Å². The van der Waals surface area contributed by atoms with Crippen LogP contribution < -0.4 is 10.6 Å². The van der Waals surface area contributed by atoms with E-state index in [9.17, 15) is 21.9 Å². The highest BCUT2D eigenvalue weighted by Gasteiger charge is 2.46. The SMILES string of the molecule is CCN(C1CC1)S(=O)(=O)c1scc(NC2=C(C3OC(C)O3)S(=O)(=O)N=C2N[C@@H](c2ccc(C)o2)C(C)C)c1O. The Bertz CT molecular complexity index is 1530. The Morgan fingerprint density at radius 1 is 1.26 bits per heavy atom. The zero-order valence-electron chi connectivity index (χ0n) is 22.2. The van der Waals surface area contributed by atoms with Crippen molar-refractivity contribution in [2.45, 2.75) is 76.3 Å². The van der Waals surface area contributed by atoms with Crippen molar-refractivity contribution in [3.8, 4) is 5.75 Å². The number of amidine groups is 1. The highest BCUT2D eigenvalue weighted by atomic mass is 32.2. The molecule has 5 rings (SSSR count). The van der Waals surface area contributed by atoms with Crippen LogP contribution in [-0.2, 0) is 29.5 Å². The van der Waals surface area contributed by atoms with Gasteiger partial charge in [0.1, 0.15) is 22.1 Å². The van der Waals surface area contributed by atoms with Crippen molar-refractivity contribution in [1.29, 1.82) is 0 Å². The standard InChI is InChI=1S/C24H32N4O8S3/c1-6-28(15-8-9-15)39(32,33)24-20(29)16(11-37-24)25-19-21(23-35-14(5)36-23)38(30,31)27-22(19)26-18(12(2)3)17-10-7-13(4)34-17/h7,10-12,14-15,18,23,25,29H,6,8-9H2,1-5H3,(H,26,27)/t14?,18-,23?/m1/s1. The number of ether oxygens (including phenoxy) is 2. The monoisotopic (exact) mass is 600 g/mol. The molecule has 2 fully saturated rings. The van der Waals surface area contributed by atoms with Crippen molar-refractivity contribution in [3.63, 3.8) is 0 Å². The molecule has 214 valence electrons. The summed E-state index contributed by atoms with van der Waals surface area (Å²) in [7, 11) is -8.18. The van der Waals surface area contributed by atoms with E-state index in [4.69, 9.17) is 13.9 Å². The zero-order valence-corrected chi connectivity index (χ0v) is 24.6. The van der Waals surface area contributed by atoms with Gasteiger partial charge in [0, 0.05) is 18.0 Å². The Balaban J connectivity index is 1.53. The molecule has 15 heteroatoms. The normalized spacial score (nSPS) is 23.7. The third-order valence-electron chi connectivity index (χ3n) is 6.64. The number of hydrogen-bond donors (Lipinski definition) is 3. The van der Waals surface area contributed by atoms with Gasteiger partial charge < -0.3 is 29.6 Å². The van der Waals surface area contributed by atoms with Crippen molar-refractivity contribution in [3.05, 3.63) is 39.6 Å². The van der Waals surface area contributed by atoms with E-state index >= 15 is 0 Å². The molecule has 0 radical (unpaired) electrons. The predicted octanol–water partition coefficient (Wildman–Crippen LogP) is 3.60. The molecule has 1 atom stereocenters. The number of rotatable bonds is 10. The van der Waals surface area contributed by atoms with Crippen LogP contribution in [0.3, 0.4) is 0 Å². The first-order valence-electron chi connectivity index (χ1n) is 12.7. The van der Waals surface area contributed by atoms with Gasteiger partial charge in [-0.15, -0.1) is 15.7 Å². The molecular weight excluding hydrogens is 568 g/mol. The number of anilines is 1. The predicted molar refractivity (Wildman–Crippen MR) is 145 cm³/mol. The molecule has 0 amide bonds. The fraction of sp³-hybridized carbons (Fsp3) is 0.542. The Kier molecular flexibility index (Phi) is 7.35. The van der Waals surface area contributed by atoms with E-state index in [1.165, 1.54) is 9.69 Å². The third kappa shape index (κ3) is 5.23. The number of thiophene rings is 1. The third-order valence-corrected chi connectivity index (χ3v) is 11.5. The largest absolute Gasteiger partial charge is 0.504 e. The summed E-state index contributed by atoms with van der Waals surface area (Å²) >= 11 is 0.853. The Hall–Kier alpha value is -2.43. The minimum atomic E-state index is -4.23. The lowest BCUT2D eigenvalue weighted by atomic mass is 10.0. The summed E-state index contributed by atoms with van der Waals surface area (Å²) in [4.78, 5) is -0.274. The molecule has 1 aliphatic carbocycles. The van der Waals surface area contributed by atoms with Crippen LogP contribution in [0.15, 0.2) is 41.1 Å². The van der Waals surface area contributed by atoms with Crippen molar-refractivity contribution in [1.82, 2.24) is 9.62 Å². The van der Waals surface area contributed by atoms with Crippen molar-refractivity contribution in [2.24, 2.45) is 10.3 Å². The van der Waals surface area contributed by atoms with Crippen molar-refractivity contribution in [2.75, 3.05) is 11.9 Å². The minimum absolute atomic E-state index is 0.00702. The van der Waals surface area contributed by atoms with Gasteiger partial charge in [0.15, 0.2) is 22.1 Å². The fourth-order valence-electron chi connectivity index (χ4n) is 4.57. The zero-order chi connectivity index (χ0) is 28.3. The number of aryl methyl sites for hydroxylation is 1.